The molecule has 0 aliphatic heterocycles. The van der Waals surface area contributed by atoms with Crippen LogP contribution in [-0.4, -0.2) is 6.04 Å². The van der Waals surface area contributed by atoms with E-state index in [0.717, 1.165) is 18.5 Å². The highest BCUT2D eigenvalue weighted by molar-refractivity contribution is 5.47. The van der Waals surface area contributed by atoms with Gasteiger partial charge in [0.15, 0.2) is 0 Å². The molecule has 0 atom stereocenters. The SMILES string of the molecule is Cc1cccc(C2CC(Nc3ccc(C)c(F)c3)C2)c1. The number of hydrogen-bond acceptors (Lipinski definition) is 1. The van der Waals surface area contributed by atoms with Gasteiger partial charge in [0.2, 0.25) is 0 Å². The minimum atomic E-state index is -0.135. The fourth-order valence-corrected chi connectivity index (χ4v) is 2.85. The quantitative estimate of drug-likeness (QED) is 0.844. The van der Waals surface area contributed by atoms with Crippen LogP contribution in [-0.2, 0) is 0 Å². The van der Waals surface area contributed by atoms with Crippen LogP contribution in [0.25, 0.3) is 0 Å². The molecule has 0 spiro atoms. The maximum atomic E-state index is 13.5. The van der Waals surface area contributed by atoms with Crippen molar-refractivity contribution in [1.82, 2.24) is 0 Å². The second-order valence-electron chi connectivity index (χ2n) is 5.89. The highest BCUT2D eigenvalue weighted by Crippen LogP contribution is 2.38. The Labute approximate surface area is 119 Å². The molecule has 0 amide bonds. The summed E-state index contributed by atoms with van der Waals surface area (Å²) < 4.78 is 13.5. The van der Waals surface area contributed by atoms with Crippen molar-refractivity contribution >= 4 is 5.69 Å². The van der Waals surface area contributed by atoms with Crippen LogP contribution < -0.4 is 5.32 Å². The van der Waals surface area contributed by atoms with Gasteiger partial charge in [-0.15, -0.1) is 0 Å². The average molecular weight is 269 g/mol. The van der Waals surface area contributed by atoms with Crippen LogP contribution in [0.2, 0.25) is 0 Å². The second kappa shape index (κ2) is 5.28. The number of anilines is 1. The third-order valence-corrected chi connectivity index (χ3v) is 4.19. The second-order valence-corrected chi connectivity index (χ2v) is 5.89. The zero-order valence-electron chi connectivity index (χ0n) is 12.0. The molecule has 20 heavy (non-hydrogen) atoms. The summed E-state index contributed by atoms with van der Waals surface area (Å²) in [5, 5.41) is 3.42. The first kappa shape index (κ1) is 13.2. The third-order valence-electron chi connectivity index (χ3n) is 4.19. The van der Waals surface area contributed by atoms with Crippen molar-refractivity contribution in [2.24, 2.45) is 0 Å². The highest BCUT2D eigenvalue weighted by Gasteiger charge is 2.30. The maximum Gasteiger partial charge on any atom is 0.128 e. The van der Waals surface area contributed by atoms with E-state index in [2.05, 4.69) is 36.5 Å². The predicted octanol–water partition coefficient (Wildman–Crippen LogP) is 4.80. The summed E-state index contributed by atoms with van der Waals surface area (Å²) in [5.41, 5.74) is 4.33. The van der Waals surface area contributed by atoms with Gasteiger partial charge >= 0.3 is 0 Å². The highest BCUT2D eigenvalue weighted by atomic mass is 19.1. The Hall–Kier alpha value is -1.83. The molecule has 1 fully saturated rings. The molecule has 1 N–H and O–H groups in total. The summed E-state index contributed by atoms with van der Waals surface area (Å²) in [4.78, 5) is 0. The Balaban J connectivity index is 1.59. The zero-order chi connectivity index (χ0) is 14.1. The molecular formula is C18H20FN. The van der Waals surface area contributed by atoms with Gasteiger partial charge in [0, 0.05) is 11.7 Å². The van der Waals surface area contributed by atoms with Crippen molar-refractivity contribution in [3.05, 3.63) is 65.0 Å². The first-order valence-electron chi connectivity index (χ1n) is 7.21. The van der Waals surface area contributed by atoms with Crippen molar-refractivity contribution in [1.29, 1.82) is 0 Å². The van der Waals surface area contributed by atoms with E-state index in [1.165, 1.54) is 11.1 Å². The van der Waals surface area contributed by atoms with E-state index < -0.39 is 0 Å². The first-order chi connectivity index (χ1) is 9.61. The molecule has 0 radical (unpaired) electrons. The Morgan fingerprint density at radius 2 is 1.85 bits per heavy atom. The molecule has 1 aliphatic rings. The van der Waals surface area contributed by atoms with E-state index in [9.17, 15) is 4.39 Å². The molecule has 104 valence electrons. The first-order valence-corrected chi connectivity index (χ1v) is 7.21. The van der Waals surface area contributed by atoms with Gasteiger partial charge in [0.1, 0.15) is 5.82 Å². The largest absolute Gasteiger partial charge is 0.382 e. The van der Waals surface area contributed by atoms with Crippen LogP contribution in [0.15, 0.2) is 42.5 Å². The molecule has 1 saturated carbocycles. The normalized spacial score (nSPS) is 21.4. The minimum absolute atomic E-state index is 0.135. The van der Waals surface area contributed by atoms with Crippen molar-refractivity contribution in [2.45, 2.75) is 38.6 Å². The van der Waals surface area contributed by atoms with Gasteiger partial charge in [-0.25, -0.2) is 4.39 Å². The number of aryl methyl sites for hydroxylation is 2. The molecule has 3 rings (SSSR count). The summed E-state index contributed by atoms with van der Waals surface area (Å²) in [5.74, 6) is 0.507. The van der Waals surface area contributed by atoms with Gasteiger partial charge in [-0.2, -0.15) is 0 Å². The third kappa shape index (κ3) is 2.69. The molecule has 1 nitrogen and oxygen atoms in total. The molecule has 2 aromatic carbocycles. The van der Waals surface area contributed by atoms with Crippen LogP contribution in [0, 0.1) is 19.7 Å². The number of hydrogen-bond donors (Lipinski definition) is 1. The fraction of sp³-hybridized carbons (Fsp3) is 0.333. The van der Waals surface area contributed by atoms with Crippen LogP contribution in [0.1, 0.15) is 35.4 Å². The van der Waals surface area contributed by atoms with E-state index in [4.69, 9.17) is 0 Å². The number of halogens is 1. The van der Waals surface area contributed by atoms with E-state index >= 15 is 0 Å². The summed E-state index contributed by atoms with van der Waals surface area (Å²) in [7, 11) is 0. The molecule has 1 aliphatic carbocycles. The Bertz CT molecular complexity index is 615. The number of benzene rings is 2. The summed E-state index contributed by atoms with van der Waals surface area (Å²) in [6.07, 6.45) is 2.25. The van der Waals surface area contributed by atoms with Gasteiger partial charge < -0.3 is 5.32 Å². The van der Waals surface area contributed by atoms with Crippen molar-refractivity contribution in [3.8, 4) is 0 Å². The minimum Gasteiger partial charge on any atom is -0.382 e. The summed E-state index contributed by atoms with van der Waals surface area (Å²) in [6.45, 7) is 3.92. The van der Waals surface area contributed by atoms with Crippen LogP contribution in [0.4, 0.5) is 10.1 Å². The van der Waals surface area contributed by atoms with E-state index in [1.54, 1.807) is 13.0 Å². The Kier molecular flexibility index (Phi) is 3.47. The van der Waals surface area contributed by atoms with E-state index in [1.807, 2.05) is 12.1 Å². The molecule has 0 saturated heterocycles. The van der Waals surface area contributed by atoms with Crippen molar-refractivity contribution in [2.75, 3.05) is 5.32 Å². The maximum absolute atomic E-state index is 13.5. The molecular weight excluding hydrogens is 249 g/mol. The Morgan fingerprint density at radius 3 is 2.55 bits per heavy atom. The van der Waals surface area contributed by atoms with Crippen LogP contribution in [0.3, 0.4) is 0 Å². The molecule has 0 aromatic heterocycles. The average Bonchev–Trinajstić information content (AvgIpc) is 2.37. The van der Waals surface area contributed by atoms with Gasteiger partial charge in [0.25, 0.3) is 0 Å². The van der Waals surface area contributed by atoms with Gasteiger partial charge in [-0.3, -0.25) is 0 Å². The lowest BCUT2D eigenvalue weighted by Gasteiger charge is -2.37. The van der Waals surface area contributed by atoms with E-state index in [-0.39, 0.29) is 5.82 Å². The van der Waals surface area contributed by atoms with E-state index in [0.29, 0.717) is 17.5 Å². The lowest BCUT2D eigenvalue weighted by atomic mass is 9.75. The number of nitrogens with one attached hydrogen (secondary N) is 1. The predicted molar refractivity (Wildman–Crippen MR) is 81.7 cm³/mol. The van der Waals surface area contributed by atoms with Crippen LogP contribution in [0.5, 0.6) is 0 Å². The topological polar surface area (TPSA) is 12.0 Å². The Morgan fingerprint density at radius 1 is 1.05 bits per heavy atom. The van der Waals surface area contributed by atoms with Crippen molar-refractivity contribution < 1.29 is 4.39 Å². The standard InChI is InChI=1S/C18H20FN/c1-12-4-3-5-14(8-12)15-9-17(10-15)20-16-7-6-13(2)18(19)11-16/h3-8,11,15,17,20H,9-10H2,1-2H3. The zero-order valence-corrected chi connectivity index (χ0v) is 12.0. The van der Waals surface area contributed by atoms with Gasteiger partial charge in [-0.05, 0) is 55.9 Å². The lowest BCUT2D eigenvalue weighted by molar-refractivity contribution is 0.374. The smallest absolute Gasteiger partial charge is 0.128 e. The molecule has 2 heteroatoms. The molecule has 2 aromatic rings. The fourth-order valence-electron chi connectivity index (χ4n) is 2.85. The van der Waals surface area contributed by atoms with Crippen molar-refractivity contribution in [3.63, 3.8) is 0 Å². The summed E-state index contributed by atoms with van der Waals surface area (Å²) in [6, 6.07) is 14.6. The van der Waals surface area contributed by atoms with Gasteiger partial charge in [-0.1, -0.05) is 35.9 Å². The molecule has 0 unspecified atom stereocenters. The lowest BCUT2D eigenvalue weighted by Crippen LogP contribution is -2.34. The van der Waals surface area contributed by atoms with Gasteiger partial charge in [0.05, 0.1) is 0 Å². The monoisotopic (exact) mass is 269 g/mol. The number of rotatable bonds is 3. The molecule has 0 bridgehead atoms. The molecule has 0 heterocycles. The summed E-state index contributed by atoms with van der Waals surface area (Å²) >= 11 is 0. The van der Waals surface area contributed by atoms with Crippen LogP contribution >= 0.6 is 0 Å².